The number of nitrogens with zero attached hydrogens (tertiary/aromatic N) is 4. The van der Waals surface area contributed by atoms with Crippen LogP contribution in [0.2, 0.25) is 0 Å². The molecule has 0 N–H and O–H groups in total. The molecule has 0 saturated carbocycles. The van der Waals surface area contributed by atoms with Crippen LogP contribution >= 0.6 is 0 Å². The summed E-state index contributed by atoms with van der Waals surface area (Å²) in [6, 6.07) is 8.05. The number of morpholine rings is 1. The van der Waals surface area contributed by atoms with E-state index in [1.807, 2.05) is 35.9 Å². The van der Waals surface area contributed by atoms with Gasteiger partial charge < -0.3 is 9.47 Å². The lowest BCUT2D eigenvalue weighted by molar-refractivity contribution is -0.137. The molecular weight excluding hydrogens is 344 g/mol. The van der Waals surface area contributed by atoms with Crippen molar-refractivity contribution in [1.82, 2.24) is 19.9 Å². The number of hydrogen-bond acceptors (Lipinski definition) is 6. The van der Waals surface area contributed by atoms with Gasteiger partial charge in [0.15, 0.2) is 0 Å². The third kappa shape index (κ3) is 4.93. The summed E-state index contributed by atoms with van der Waals surface area (Å²) in [5, 5.41) is 8.80. The molecular formula is C20H28N4O3. The molecule has 0 spiro atoms. The van der Waals surface area contributed by atoms with Crippen LogP contribution in [0.25, 0.3) is 11.0 Å². The topological polar surface area (TPSA) is 69.5 Å². The summed E-state index contributed by atoms with van der Waals surface area (Å²) in [6.45, 7) is 7.66. The van der Waals surface area contributed by atoms with Gasteiger partial charge in [0.25, 0.3) is 0 Å². The van der Waals surface area contributed by atoms with Crippen LogP contribution < -0.4 is 0 Å². The van der Waals surface area contributed by atoms with Gasteiger partial charge in [-0.1, -0.05) is 30.3 Å². The molecule has 7 nitrogen and oxygen atoms in total. The van der Waals surface area contributed by atoms with Crippen molar-refractivity contribution >= 4 is 17.0 Å². The highest BCUT2D eigenvalue weighted by Crippen LogP contribution is 2.29. The largest absolute Gasteiger partial charge is 0.463 e. The van der Waals surface area contributed by atoms with Crippen molar-refractivity contribution in [1.29, 1.82) is 0 Å². The molecule has 0 radical (unpaired) electrons. The van der Waals surface area contributed by atoms with Gasteiger partial charge in [-0.05, 0) is 37.8 Å². The zero-order valence-corrected chi connectivity index (χ0v) is 16.1. The minimum absolute atomic E-state index is 0.109. The van der Waals surface area contributed by atoms with Crippen molar-refractivity contribution < 1.29 is 14.3 Å². The lowest BCUT2D eigenvalue weighted by atomic mass is 10.00. The molecule has 0 amide bonds. The summed E-state index contributed by atoms with van der Waals surface area (Å²) >= 11 is 0. The highest BCUT2D eigenvalue weighted by atomic mass is 16.5. The predicted molar refractivity (Wildman–Crippen MR) is 103 cm³/mol. The highest BCUT2D eigenvalue weighted by molar-refractivity contribution is 5.81. The molecule has 27 heavy (non-hydrogen) atoms. The second-order valence-corrected chi connectivity index (χ2v) is 6.79. The summed E-state index contributed by atoms with van der Waals surface area (Å²) in [5.41, 5.74) is 1.95. The standard InChI is InChI=1S/C20H28N4O3/c1-3-27-19(25)11-7-4-8-16(2)20(23-12-14-26-15-13-23)24-18-10-6-5-9-17(18)21-22-24/h5-7,9-11,16,20H,3-4,8,12-15H2,1-2H3/b11-7+. The zero-order valence-electron chi connectivity index (χ0n) is 16.1. The number of ether oxygens (including phenoxy) is 2. The van der Waals surface area contributed by atoms with Crippen LogP contribution in [0, 0.1) is 5.92 Å². The number of carbonyl (C=O) groups excluding carboxylic acids is 1. The number of carbonyl (C=O) groups is 1. The number of benzene rings is 1. The molecule has 1 saturated heterocycles. The van der Waals surface area contributed by atoms with E-state index in [1.54, 1.807) is 0 Å². The van der Waals surface area contributed by atoms with Crippen molar-refractivity contribution in [2.24, 2.45) is 5.92 Å². The molecule has 2 atom stereocenters. The molecule has 1 aromatic heterocycles. The van der Waals surface area contributed by atoms with Crippen LogP contribution in [0.15, 0.2) is 36.4 Å². The fourth-order valence-corrected chi connectivity index (χ4v) is 3.56. The summed E-state index contributed by atoms with van der Waals surface area (Å²) in [4.78, 5) is 13.9. The van der Waals surface area contributed by atoms with E-state index < -0.39 is 0 Å². The van der Waals surface area contributed by atoms with Gasteiger partial charge in [0.2, 0.25) is 0 Å². The first kappa shape index (κ1) is 19.5. The Bertz CT molecular complexity index is 767. The second kappa shape index (κ2) is 9.62. The van der Waals surface area contributed by atoms with E-state index >= 15 is 0 Å². The lowest BCUT2D eigenvalue weighted by Crippen LogP contribution is -2.44. The van der Waals surface area contributed by atoms with Gasteiger partial charge in [-0.25, -0.2) is 9.48 Å². The maximum atomic E-state index is 11.4. The lowest BCUT2D eigenvalue weighted by Gasteiger charge is -2.37. The maximum Gasteiger partial charge on any atom is 0.330 e. The van der Waals surface area contributed by atoms with Gasteiger partial charge in [-0.2, -0.15) is 0 Å². The number of aromatic nitrogens is 3. The minimum atomic E-state index is -0.280. The van der Waals surface area contributed by atoms with E-state index in [4.69, 9.17) is 9.47 Å². The smallest absolute Gasteiger partial charge is 0.330 e. The van der Waals surface area contributed by atoms with Crippen molar-refractivity contribution in [2.75, 3.05) is 32.9 Å². The molecule has 3 rings (SSSR count). The molecule has 2 aromatic rings. The molecule has 1 aromatic carbocycles. The van der Waals surface area contributed by atoms with Crippen molar-refractivity contribution in [2.45, 2.75) is 32.9 Å². The molecule has 0 aliphatic carbocycles. The molecule has 2 unspecified atom stereocenters. The fourth-order valence-electron chi connectivity index (χ4n) is 3.56. The van der Waals surface area contributed by atoms with E-state index in [2.05, 4.69) is 28.2 Å². The Morgan fingerprint density at radius 2 is 2.11 bits per heavy atom. The number of allylic oxidation sites excluding steroid dienone is 1. The number of esters is 1. The molecule has 0 bridgehead atoms. The Kier molecular flexibility index (Phi) is 6.95. The van der Waals surface area contributed by atoms with E-state index in [9.17, 15) is 4.79 Å². The first-order valence-corrected chi connectivity index (χ1v) is 9.65. The normalized spacial score (nSPS) is 18.0. The SMILES string of the molecule is CCOC(=O)/C=C/CCC(C)C(N1CCOCC1)n1nnc2ccccc21. The van der Waals surface area contributed by atoms with Crippen LogP contribution in [0.3, 0.4) is 0 Å². The molecule has 1 aliphatic heterocycles. The van der Waals surface area contributed by atoms with Crippen LogP contribution in [-0.4, -0.2) is 58.8 Å². The molecule has 1 aliphatic rings. The van der Waals surface area contributed by atoms with Gasteiger partial charge >= 0.3 is 5.97 Å². The summed E-state index contributed by atoms with van der Waals surface area (Å²) in [7, 11) is 0. The molecule has 2 heterocycles. The van der Waals surface area contributed by atoms with Gasteiger partial charge in [-0.3, -0.25) is 4.90 Å². The van der Waals surface area contributed by atoms with Gasteiger partial charge in [0.1, 0.15) is 11.7 Å². The summed E-state index contributed by atoms with van der Waals surface area (Å²) in [5.74, 6) is 0.0530. The Balaban J connectivity index is 1.74. The van der Waals surface area contributed by atoms with E-state index in [0.29, 0.717) is 12.5 Å². The quantitative estimate of drug-likeness (QED) is 0.524. The third-order valence-corrected chi connectivity index (χ3v) is 4.89. The number of hydrogen-bond donors (Lipinski definition) is 0. The van der Waals surface area contributed by atoms with Crippen molar-refractivity contribution in [3.8, 4) is 0 Å². The van der Waals surface area contributed by atoms with Gasteiger partial charge in [0, 0.05) is 19.2 Å². The van der Waals surface area contributed by atoms with E-state index in [1.165, 1.54) is 6.08 Å². The van der Waals surface area contributed by atoms with E-state index in [0.717, 1.165) is 50.2 Å². The summed E-state index contributed by atoms with van der Waals surface area (Å²) < 4.78 is 12.5. The first-order valence-electron chi connectivity index (χ1n) is 9.65. The number of rotatable bonds is 8. The second-order valence-electron chi connectivity index (χ2n) is 6.79. The van der Waals surface area contributed by atoms with Crippen LogP contribution in [0.5, 0.6) is 0 Å². The minimum Gasteiger partial charge on any atom is -0.463 e. The summed E-state index contributed by atoms with van der Waals surface area (Å²) in [6.07, 6.45) is 5.27. The third-order valence-electron chi connectivity index (χ3n) is 4.89. The Morgan fingerprint density at radius 3 is 2.89 bits per heavy atom. The van der Waals surface area contributed by atoms with Crippen LogP contribution in [0.4, 0.5) is 0 Å². The fraction of sp³-hybridized carbons (Fsp3) is 0.550. The van der Waals surface area contributed by atoms with Gasteiger partial charge in [-0.15, -0.1) is 5.10 Å². The maximum absolute atomic E-state index is 11.4. The van der Waals surface area contributed by atoms with Crippen molar-refractivity contribution in [3.05, 3.63) is 36.4 Å². The van der Waals surface area contributed by atoms with Crippen LogP contribution in [-0.2, 0) is 14.3 Å². The highest BCUT2D eigenvalue weighted by Gasteiger charge is 2.29. The Labute approximate surface area is 159 Å². The molecule has 146 valence electrons. The molecule has 7 heteroatoms. The van der Waals surface area contributed by atoms with Gasteiger partial charge in [0.05, 0.1) is 25.3 Å². The van der Waals surface area contributed by atoms with E-state index in [-0.39, 0.29) is 12.1 Å². The number of para-hydroxylation sites is 1. The first-order chi connectivity index (χ1) is 13.2. The van der Waals surface area contributed by atoms with Crippen molar-refractivity contribution in [3.63, 3.8) is 0 Å². The number of fused-ring (bicyclic) bond motifs is 1. The monoisotopic (exact) mass is 372 g/mol. The Hall–Kier alpha value is -2.25. The zero-order chi connectivity index (χ0) is 19.1. The Morgan fingerprint density at radius 1 is 1.33 bits per heavy atom. The average Bonchev–Trinajstić information content (AvgIpc) is 3.10. The average molecular weight is 372 g/mol. The predicted octanol–water partition coefficient (Wildman–Crippen LogP) is 2.80. The van der Waals surface area contributed by atoms with Crippen LogP contribution in [0.1, 0.15) is 32.9 Å². The molecule has 1 fully saturated rings.